The van der Waals surface area contributed by atoms with E-state index in [1.807, 2.05) is 26.0 Å². The van der Waals surface area contributed by atoms with Crippen molar-refractivity contribution >= 4 is 29.1 Å². The van der Waals surface area contributed by atoms with Crippen LogP contribution in [0.15, 0.2) is 64.8 Å². The molecule has 1 amide bonds. The van der Waals surface area contributed by atoms with Crippen LogP contribution in [0.25, 0.3) is 0 Å². The van der Waals surface area contributed by atoms with Gasteiger partial charge < -0.3 is 9.47 Å². The van der Waals surface area contributed by atoms with Gasteiger partial charge in [0, 0.05) is 22.5 Å². The largest absolute Gasteiger partial charge is 0.437 e. The third kappa shape index (κ3) is 4.07. The summed E-state index contributed by atoms with van der Waals surface area (Å²) in [5.41, 5.74) is 4.80. The lowest BCUT2D eigenvalue weighted by Crippen LogP contribution is -2.55. The number of nitrogens with zero attached hydrogens (tertiary/aromatic N) is 1. The highest BCUT2D eigenvalue weighted by Gasteiger charge is 2.64. The smallest absolute Gasteiger partial charge is 0.340 e. The van der Waals surface area contributed by atoms with E-state index < -0.39 is 22.9 Å². The molecule has 5 rings (SSSR count). The fourth-order valence-corrected chi connectivity index (χ4v) is 6.20. The monoisotopic (exact) mass is 494 g/mol. The van der Waals surface area contributed by atoms with Crippen LogP contribution in [-0.4, -0.2) is 23.2 Å². The fraction of sp³-hybridized carbons (Fsp3) is 0.429. The Bertz CT molecular complexity index is 1230. The molecule has 2 aromatic rings. The van der Waals surface area contributed by atoms with E-state index in [1.54, 1.807) is 24.3 Å². The second kappa shape index (κ2) is 8.47. The number of oxime groups is 1. The number of hydrogen-bond acceptors (Lipinski definition) is 5. The molecule has 0 radical (unpaired) electrons. The van der Waals surface area contributed by atoms with Gasteiger partial charge in [-0.3, -0.25) is 10.2 Å². The molecule has 1 saturated heterocycles. The van der Waals surface area contributed by atoms with Gasteiger partial charge in [0.2, 0.25) is 0 Å². The molecule has 3 aliphatic rings. The van der Waals surface area contributed by atoms with Crippen LogP contribution in [0.3, 0.4) is 0 Å². The highest BCUT2D eigenvalue weighted by molar-refractivity contribution is 6.30. The predicted molar refractivity (Wildman–Crippen MR) is 137 cm³/mol. The zero-order chi connectivity index (χ0) is 25.0. The number of hydrogen-bond donors (Lipinski definition) is 1. The lowest BCUT2D eigenvalue weighted by molar-refractivity contribution is -0.184. The number of carbonyl (C=O) groups excluding carboxylic acids is 1. The van der Waals surface area contributed by atoms with E-state index in [-0.39, 0.29) is 6.10 Å². The zero-order valence-electron chi connectivity index (χ0n) is 20.8. The number of anilines is 1. The SMILES string of the molecule is CC1=C2/C(=N\OC(=O)Nc3ccc(Cl)cc3)Cc3ccccc3[C@@H]3OC(C)(C)O[C@@]3(CC1)C2(C)C. The summed E-state index contributed by atoms with van der Waals surface area (Å²) in [7, 11) is 0. The molecule has 2 atom stereocenters. The summed E-state index contributed by atoms with van der Waals surface area (Å²) in [6.45, 7) is 10.5. The van der Waals surface area contributed by atoms with Crippen molar-refractivity contribution < 1.29 is 19.1 Å². The van der Waals surface area contributed by atoms with Crippen LogP contribution in [0.1, 0.15) is 64.7 Å². The Morgan fingerprint density at radius 3 is 2.57 bits per heavy atom. The van der Waals surface area contributed by atoms with Gasteiger partial charge >= 0.3 is 6.09 Å². The van der Waals surface area contributed by atoms with Crippen molar-refractivity contribution in [2.45, 2.75) is 71.4 Å². The van der Waals surface area contributed by atoms with E-state index in [2.05, 4.69) is 43.4 Å². The van der Waals surface area contributed by atoms with E-state index in [0.29, 0.717) is 17.1 Å². The van der Waals surface area contributed by atoms with Gasteiger partial charge in [-0.25, -0.2) is 4.79 Å². The van der Waals surface area contributed by atoms with Gasteiger partial charge in [-0.05, 0) is 74.6 Å². The van der Waals surface area contributed by atoms with Gasteiger partial charge in [-0.2, -0.15) is 0 Å². The van der Waals surface area contributed by atoms with Crippen molar-refractivity contribution in [1.29, 1.82) is 0 Å². The Morgan fingerprint density at radius 1 is 1.11 bits per heavy atom. The summed E-state index contributed by atoms with van der Waals surface area (Å²) in [6, 6.07) is 15.1. The molecule has 6 nitrogen and oxygen atoms in total. The van der Waals surface area contributed by atoms with E-state index in [4.69, 9.17) is 25.9 Å². The first-order valence-electron chi connectivity index (χ1n) is 12.0. The maximum absolute atomic E-state index is 12.6. The van der Waals surface area contributed by atoms with Crippen LogP contribution >= 0.6 is 11.6 Å². The highest BCUT2D eigenvalue weighted by Crippen LogP contribution is 2.63. The molecule has 2 aromatic carbocycles. The summed E-state index contributed by atoms with van der Waals surface area (Å²) >= 11 is 5.94. The van der Waals surface area contributed by atoms with Crippen molar-refractivity contribution in [3.05, 3.63) is 75.8 Å². The van der Waals surface area contributed by atoms with Gasteiger partial charge in [-0.1, -0.05) is 60.4 Å². The van der Waals surface area contributed by atoms with Crippen LogP contribution in [-0.2, 0) is 20.7 Å². The lowest BCUT2D eigenvalue weighted by atomic mass is 9.56. The standard InChI is InChI=1S/C28H31ClN2O4/c1-17-14-15-28-24(33-27(4,5)35-28)21-9-7-6-8-18(21)16-22(23(17)26(28,2)3)31-34-25(32)30-20-12-10-19(29)11-13-20/h6-13,24H,14-16H2,1-5H3,(H,30,32)/b31-22-/t24-,28+/m0/s1. The van der Waals surface area contributed by atoms with Crippen molar-refractivity contribution in [3.63, 3.8) is 0 Å². The van der Waals surface area contributed by atoms with Crippen LogP contribution in [0.4, 0.5) is 10.5 Å². The predicted octanol–water partition coefficient (Wildman–Crippen LogP) is 7.20. The van der Waals surface area contributed by atoms with E-state index in [9.17, 15) is 4.79 Å². The summed E-state index contributed by atoms with van der Waals surface area (Å²) in [5, 5.41) is 7.73. The van der Waals surface area contributed by atoms with Crippen molar-refractivity contribution in [3.8, 4) is 0 Å². The lowest BCUT2D eigenvalue weighted by Gasteiger charge is -2.52. The number of halogens is 1. The molecular weight excluding hydrogens is 464 g/mol. The molecule has 2 aliphatic carbocycles. The third-order valence-corrected chi connectivity index (χ3v) is 7.80. The average molecular weight is 495 g/mol. The zero-order valence-corrected chi connectivity index (χ0v) is 21.5. The van der Waals surface area contributed by atoms with Crippen LogP contribution in [0.2, 0.25) is 5.02 Å². The quantitative estimate of drug-likeness (QED) is 0.354. The Balaban J connectivity index is 1.56. The molecule has 0 unspecified atom stereocenters. The molecule has 35 heavy (non-hydrogen) atoms. The summed E-state index contributed by atoms with van der Waals surface area (Å²) in [6.07, 6.45) is 1.35. The number of rotatable bonds is 2. The molecule has 7 heteroatoms. The van der Waals surface area contributed by atoms with Gasteiger partial charge in [0.15, 0.2) is 5.79 Å². The minimum absolute atomic E-state index is 0.206. The highest BCUT2D eigenvalue weighted by atomic mass is 35.5. The number of nitrogens with one attached hydrogen (secondary N) is 1. The molecule has 1 heterocycles. The van der Waals surface area contributed by atoms with Crippen molar-refractivity contribution in [1.82, 2.24) is 0 Å². The molecule has 1 fully saturated rings. The fourth-order valence-electron chi connectivity index (χ4n) is 6.08. The third-order valence-electron chi connectivity index (χ3n) is 7.55. The number of allylic oxidation sites excluding steroid dienone is 1. The maximum atomic E-state index is 12.6. The van der Waals surface area contributed by atoms with Gasteiger partial charge in [0.25, 0.3) is 0 Å². The Morgan fingerprint density at radius 2 is 1.83 bits per heavy atom. The second-order valence-electron chi connectivity index (χ2n) is 10.6. The van der Waals surface area contributed by atoms with E-state index >= 15 is 0 Å². The van der Waals surface area contributed by atoms with Crippen LogP contribution < -0.4 is 5.32 Å². The first-order chi connectivity index (χ1) is 16.5. The van der Waals surface area contributed by atoms with Gasteiger partial charge in [0.1, 0.15) is 11.7 Å². The van der Waals surface area contributed by atoms with Crippen molar-refractivity contribution in [2.24, 2.45) is 10.6 Å². The molecule has 184 valence electrons. The van der Waals surface area contributed by atoms with E-state index in [1.165, 1.54) is 5.57 Å². The first-order valence-corrected chi connectivity index (χ1v) is 12.4. The average Bonchev–Trinajstić information content (AvgIpc) is 3.08. The molecule has 0 saturated carbocycles. The molecular formula is C28H31ClN2O4. The maximum Gasteiger partial charge on any atom is 0.437 e. The first kappa shape index (κ1) is 24.0. The van der Waals surface area contributed by atoms with Crippen LogP contribution in [0, 0.1) is 5.41 Å². The summed E-state index contributed by atoms with van der Waals surface area (Å²) < 4.78 is 13.4. The van der Waals surface area contributed by atoms with Crippen molar-refractivity contribution in [2.75, 3.05) is 5.32 Å². The van der Waals surface area contributed by atoms with Crippen LogP contribution in [0.5, 0.6) is 0 Å². The normalized spacial score (nSPS) is 27.5. The number of ether oxygens (including phenoxy) is 2. The summed E-state index contributed by atoms with van der Waals surface area (Å²) in [5.74, 6) is -0.720. The Hall–Kier alpha value is -2.67. The minimum atomic E-state index is -0.720. The molecule has 0 aromatic heterocycles. The summed E-state index contributed by atoms with van der Waals surface area (Å²) in [4.78, 5) is 18.0. The Kier molecular flexibility index (Phi) is 5.82. The molecule has 1 N–H and O–H groups in total. The number of benzene rings is 2. The second-order valence-corrected chi connectivity index (χ2v) is 11.0. The topological polar surface area (TPSA) is 69.2 Å². The van der Waals surface area contributed by atoms with E-state index in [0.717, 1.165) is 35.3 Å². The number of carbonyl (C=O) groups is 1. The Labute approximate surface area is 211 Å². The number of fused-ring (bicyclic) bond motifs is 3. The molecule has 1 spiro atoms. The minimum Gasteiger partial charge on any atom is -0.340 e. The van der Waals surface area contributed by atoms with Gasteiger partial charge in [0.05, 0.1) is 5.71 Å². The number of amides is 1. The molecule has 1 aliphatic heterocycles. The molecule has 2 bridgehead atoms. The van der Waals surface area contributed by atoms with Gasteiger partial charge in [-0.15, -0.1) is 0 Å².